The third kappa shape index (κ3) is 3.99. The number of aromatic nitrogens is 1. The standard InChI is InChI=1S/C17H18N4O4S/c1-10-16(24)21(12-4-2-3-5-13(12)25-10)7-6-15(23)20-17-19-11(9-26-17)8-14(18)22/h2-5,9-10H,6-8H2,1H3,(H2,18,22)(H,19,20,23)/t10-/m1/s1. The first-order valence-electron chi connectivity index (χ1n) is 8.03. The predicted octanol–water partition coefficient (Wildman–Crippen LogP) is 1.31. The number of anilines is 2. The summed E-state index contributed by atoms with van der Waals surface area (Å²) in [5.74, 6) is -0.313. The molecule has 8 nitrogen and oxygen atoms in total. The Balaban J connectivity index is 1.61. The van der Waals surface area contributed by atoms with Crippen LogP contribution >= 0.6 is 11.3 Å². The van der Waals surface area contributed by atoms with Crippen molar-refractivity contribution in [1.29, 1.82) is 0 Å². The Kier molecular flexibility index (Phi) is 5.17. The molecule has 1 atom stereocenters. The summed E-state index contributed by atoms with van der Waals surface area (Å²) in [6, 6.07) is 7.22. The first-order chi connectivity index (χ1) is 12.4. The number of hydrogen-bond acceptors (Lipinski definition) is 6. The van der Waals surface area contributed by atoms with Gasteiger partial charge in [-0.05, 0) is 19.1 Å². The van der Waals surface area contributed by atoms with Crippen LogP contribution < -0.4 is 20.7 Å². The molecule has 0 radical (unpaired) electrons. The lowest BCUT2D eigenvalue weighted by Crippen LogP contribution is -2.45. The number of nitrogens with one attached hydrogen (secondary N) is 1. The maximum atomic E-state index is 12.4. The van der Waals surface area contributed by atoms with E-state index in [-0.39, 0.29) is 31.2 Å². The third-order valence-electron chi connectivity index (χ3n) is 3.79. The highest BCUT2D eigenvalue weighted by Gasteiger charge is 2.31. The second-order valence-electron chi connectivity index (χ2n) is 5.80. The van der Waals surface area contributed by atoms with E-state index < -0.39 is 12.0 Å². The molecule has 0 aliphatic carbocycles. The maximum Gasteiger partial charge on any atom is 0.267 e. The van der Waals surface area contributed by atoms with Gasteiger partial charge in [-0.2, -0.15) is 0 Å². The summed E-state index contributed by atoms with van der Waals surface area (Å²) in [6.45, 7) is 1.91. The van der Waals surface area contributed by atoms with Gasteiger partial charge in [-0.15, -0.1) is 11.3 Å². The summed E-state index contributed by atoms with van der Waals surface area (Å²) >= 11 is 1.22. The molecule has 3 amide bonds. The van der Waals surface area contributed by atoms with Gasteiger partial charge in [-0.3, -0.25) is 14.4 Å². The number of nitrogens with zero attached hydrogens (tertiary/aromatic N) is 2. The zero-order valence-electron chi connectivity index (χ0n) is 14.1. The van der Waals surface area contributed by atoms with Crippen LogP contribution in [0, 0.1) is 0 Å². The number of amides is 3. The van der Waals surface area contributed by atoms with Crippen LogP contribution in [0.2, 0.25) is 0 Å². The summed E-state index contributed by atoms with van der Waals surface area (Å²) in [6.07, 6.45) is -0.454. The van der Waals surface area contributed by atoms with Crippen LogP contribution in [0.1, 0.15) is 19.0 Å². The number of carbonyl (C=O) groups is 3. The van der Waals surface area contributed by atoms with E-state index in [2.05, 4.69) is 10.3 Å². The van der Waals surface area contributed by atoms with E-state index in [0.29, 0.717) is 22.3 Å². The van der Waals surface area contributed by atoms with Crippen LogP contribution in [0.4, 0.5) is 10.8 Å². The molecule has 3 rings (SSSR count). The number of primary amides is 1. The molecule has 26 heavy (non-hydrogen) atoms. The minimum Gasteiger partial charge on any atom is -0.479 e. The fourth-order valence-corrected chi connectivity index (χ4v) is 3.34. The van der Waals surface area contributed by atoms with E-state index in [1.807, 2.05) is 12.1 Å². The molecule has 1 aromatic heterocycles. The number of thiazole rings is 1. The van der Waals surface area contributed by atoms with Gasteiger partial charge < -0.3 is 20.7 Å². The normalized spacial score (nSPS) is 16.0. The fraction of sp³-hybridized carbons (Fsp3) is 0.294. The molecule has 0 unspecified atom stereocenters. The van der Waals surface area contributed by atoms with Crippen molar-refractivity contribution in [2.75, 3.05) is 16.8 Å². The number of benzene rings is 1. The van der Waals surface area contributed by atoms with Gasteiger partial charge in [-0.1, -0.05) is 12.1 Å². The van der Waals surface area contributed by atoms with Crippen molar-refractivity contribution in [1.82, 2.24) is 4.98 Å². The van der Waals surface area contributed by atoms with Gasteiger partial charge in [-0.25, -0.2) is 4.98 Å². The Labute approximate surface area is 154 Å². The second kappa shape index (κ2) is 7.52. The van der Waals surface area contributed by atoms with Crippen molar-refractivity contribution >= 4 is 39.9 Å². The molecule has 1 aliphatic heterocycles. The summed E-state index contributed by atoms with van der Waals surface area (Å²) in [5.41, 5.74) is 6.29. The molecule has 1 aromatic carbocycles. The van der Waals surface area contributed by atoms with Crippen LogP contribution in [0.25, 0.3) is 0 Å². The Morgan fingerprint density at radius 2 is 2.15 bits per heavy atom. The zero-order valence-corrected chi connectivity index (χ0v) is 14.9. The maximum absolute atomic E-state index is 12.4. The van der Waals surface area contributed by atoms with Crippen LogP contribution in [-0.2, 0) is 20.8 Å². The van der Waals surface area contributed by atoms with Crippen molar-refractivity contribution in [3.05, 3.63) is 35.3 Å². The number of fused-ring (bicyclic) bond motifs is 1. The lowest BCUT2D eigenvalue weighted by Gasteiger charge is -2.32. The quantitative estimate of drug-likeness (QED) is 0.791. The van der Waals surface area contributed by atoms with E-state index in [4.69, 9.17) is 10.5 Å². The van der Waals surface area contributed by atoms with Crippen LogP contribution in [0.15, 0.2) is 29.6 Å². The van der Waals surface area contributed by atoms with E-state index in [9.17, 15) is 14.4 Å². The predicted molar refractivity (Wildman–Crippen MR) is 97.1 cm³/mol. The highest BCUT2D eigenvalue weighted by atomic mass is 32.1. The molecule has 1 aliphatic rings. The number of nitrogens with two attached hydrogens (primary N) is 1. The third-order valence-corrected chi connectivity index (χ3v) is 4.60. The Morgan fingerprint density at radius 1 is 1.38 bits per heavy atom. The van der Waals surface area contributed by atoms with Crippen molar-refractivity contribution < 1.29 is 19.1 Å². The van der Waals surface area contributed by atoms with Crippen LogP contribution in [0.3, 0.4) is 0 Å². The molecule has 9 heteroatoms. The minimum atomic E-state index is -0.594. The summed E-state index contributed by atoms with van der Waals surface area (Å²) in [7, 11) is 0. The molecular weight excluding hydrogens is 356 g/mol. The molecule has 0 bridgehead atoms. The topological polar surface area (TPSA) is 115 Å². The highest BCUT2D eigenvalue weighted by Crippen LogP contribution is 2.33. The SMILES string of the molecule is C[C@H]1Oc2ccccc2N(CCC(=O)Nc2nc(CC(N)=O)cs2)C1=O. The Hall–Kier alpha value is -2.94. The number of carbonyl (C=O) groups excluding carboxylic acids is 3. The molecule has 136 valence electrons. The second-order valence-corrected chi connectivity index (χ2v) is 6.66. The molecule has 0 saturated heterocycles. The average molecular weight is 374 g/mol. The average Bonchev–Trinajstić information content (AvgIpc) is 3.01. The number of hydrogen-bond donors (Lipinski definition) is 2. The smallest absolute Gasteiger partial charge is 0.267 e. The largest absolute Gasteiger partial charge is 0.479 e. The first-order valence-corrected chi connectivity index (χ1v) is 8.91. The molecular formula is C17H18N4O4S. The Morgan fingerprint density at radius 3 is 2.92 bits per heavy atom. The van der Waals surface area contributed by atoms with Crippen molar-refractivity contribution in [2.45, 2.75) is 25.9 Å². The van der Waals surface area contributed by atoms with Crippen molar-refractivity contribution in [2.24, 2.45) is 5.73 Å². The molecule has 0 saturated carbocycles. The van der Waals surface area contributed by atoms with Crippen LogP contribution in [0.5, 0.6) is 5.75 Å². The summed E-state index contributed by atoms with van der Waals surface area (Å²) in [4.78, 5) is 41.1. The lowest BCUT2D eigenvalue weighted by atomic mass is 10.1. The molecule has 0 spiro atoms. The van der Waals surface area contributed by atoms with Crippen molar-refractivity contribution in [3.63, 3.8) is 0 Å². The fourth-order valence-electron chi connectivity index (χ4n) is 2.61. The van der Waals surface area contributed by atoms with Gasteiger partial charge in [0, 0.05) is 18.3 Å². The number of ether oxygens (including phenoxy) is 1. The minimum absolute atomic E-state index is 0.0311. The number of para-hydroxylation sites is 2. The molecule has 2 aromatic rings. The van der Waals surface area contributed by atoms with Gasteiger partial charge in [0.05, 0.1) is 17.8 Å². The monoisotopic (exact) mass is 374 g/mol. The molecule has 0 fully saturated rings. The zero-order chi connectivity index (χ0) is 18.7. The van der Waals surface area contributed by atoms with Gasteiger partial charge in [0.15, 0.2) is 11.2 Å². The van der Waals surface area contributed by atoms with E-state index >= 15 is 0 Å². The number of rotatable bonds is 6. The molecule has 2 heterocycles. The lowest BCUT2D eigenvalue weighted by molar-refractivity contribution is -0.125. The highest BCUT2D eigenvalue weighted by molar-refractivity contribution is 7.13. The Bertz CT molecular complexity index is 851. The van der Waals surface area contributed by atoms with Crippen molar-refractivity contribution in [3.8, 4) is 5.75 Å². The molecule has 3 N–H and O–H groups in total. The van der Waals surface area contributed by atoms with Gasteiger partial charge in [0.25, 0.3) is 5.91 Å². The van der Waals surface area contributed by atoms with Gasteiger partial charge in [0.1, 0.15) is 5.75 Å². The van der Waals surface area contributed by atoms with E-state index in [1.54, 1.807) is 29.3 Å². The summed E-state index contributed by atoms with van der Waals surface area (Å²) < 4.78 is 5.57. The van der Waals surface area contributed by atoms with Gasteiger partial charge in [0.2, 0.25) is 11.8 Å². The van der Waals surface area contributed by atoms with E-state index in [0.717, 1.165) is 0 Å². The van der Waals surface area contributed by atoms with Crippen LogP contribution in [-0.4, -0.2) is 35.4 Å². The van der Waals surface area contributed by atoms with E-state index in [1.165, 1.54) is 11.3 Å². The summed E-state index contributed by atoms with van der Waals surface area (Å²) in [5, 5.41) is 4.74. The first kappa shape index (κ1) is 17.9. The van der Waals surface area contributed by atoms with Gasteiger partial charge >= 0.3 is 0 Å².